The van der Waals surface area contributed by atoms with Gasteiger partial charge in [-0.1, -0.05) is 12.1 Å². The zero-order valence-electron chi connectivity index (χ0n) is 10.4. The van der Waals surface area contributed by atoms with Crippen LogP contribution in [0.2, 0.25) is 0 Å². The summed E-state index contributed by atoms with van der Waals surface area (Å²) in [4.78, 5) is 4.14. The molecule has 5 nitrogen and oxygen atoms in total. The summed E-state index contributed by atoms with van der Waals surface area (Å²) in [6.07, 6.45) is 1.60. The van der Waals surface area contributed by atoms with Crippen molar-refractivity contribution in [3.05, 3.63) is 48.7 Å². The number of hydrogen-bond acceptors (Lipinski definition) is 5. The van der Waals surface area contributed by atoms with Crippen molar-refractivity contribution in [1.29, 1.82) is 0 Å². The molecule has 0 fully saturated rings. The molecule has 0 spiro atoms. The molecule has 0 bridgehead atoms. The maximum absolute atomic E-state index is 9.57. The van der Waals surface area contributed by atoms with Crippen molar-refractivity contribution in [3.63, 3.8) is 0 Å². The Hall–Kier alpha value is -2.95. The van der Waals surface area contributed by atoms with Crippen LogP contribution in [-0.4, -0.2) is 15.2 Å². The van der Waals surface area contributed by atoms with Crippen LogP contribution in [0.25, 0.3) is 10.8 Å². The monoisotopic (exact) mass is 268 g/mol. The van der Waals surface area contributed by atoms with Crippen LogP contribution in [0.4, 0.5) is 5.69 Å². The quantitative estimate of drug-likeness (QED) is 0.491. The van der Waals surface area contributed by atoms with E-state index in [1.165, 1.54) is 6.07 Å². The lowest BCUT2D eigenvalue weighted by Gasteiger charge is -2.10. The SMILES string of the molecule is Nc1c(O)cccc1Oc1nccc2ccc(O)cc12. The number of fused-ring (bicyclic) bond motifs is 1. The van der Waals surface area contributed by atoms with Crippen molar-refractivity contribution in [1.82, 2.24) is 4.98 Å². The summed E-state index contributed by atoms with van der Waals surface area (Å²) in [6.45, 7) is 0. The molecule has 0 aliphatic heterocycles. The van der Waals surface area contributed by atoms with Crippen molar-refractivity contribution < 1.29 is 14.9 Å². The molecule has 0 aliphatic carbocycles. The van der Waals surface area contributed by atoms with Crippen LogP contribution >= 0.6 is 0 Å². The molecular formula is C15H12N2O3. The Morgan fingerprint density at radius 3 is 2.75 bits per heavy atom. The Bertz CT molecular complexity index is 787. The fourth-order valence-corrected chi connectivity index (χ4v) is 1.94. The van der Waals surface area contributed by atoms with Crippen molar-refractivity contribution in [2.45, 2.75) is 0 Å². The number of para-hydroxylation sites is 1. The molecule has 0 aliphatic rings. The molecule has 0 radical (unpaired) electrons. The third kappa shape index (κ3) is 2.05. The number of benzene rings is 2. The van der Waals surface area contributed by atoms with Gasteiger partial charge in [0, 0.05) is 11.6 Å². The van der Waals surface area contributed by atoms with Gasteiger partial charge < -0.3 is 20.7 Å². The Morgan fingerprint density at radius 2 is 1.90 bits per heavy atom. The van der Waals surface area contributed by atoms with E-state index in [1.54, 1.807) is 36.5 Å². The van der Waals surface area contributed by atoms with Gasteiger partial charge in [-0.05, 0) is 35.7 Å². The van der Waals surface area contributed by atoms with Gasteiger partial charge in [-0.2, -0.15) is 0 Å². The normalized spacial score (nSPS) is 10.6. The van der Waals surface area contributed by atoms with Crippen LogP contribution < -0.4 is 10.5 Å². The first kappa shape index (κ1) is 12.1. The Morgan fingerprint density at radius 1 is 1.05 bits per heavy atom. The Labute approximate surface area is 114 Å². The minimum absolute atomic E-state index is 0.0504. The number of anilines is 1. The van der Waals surface area contributed by atoms with Gasteiger partial charge in [-0.3, -0.25) is 0 Å². The second kappa shape index (κ2) is 4.62. The van der Waals surface area contributed by atoms with Crippen LogP contribution in [0.3, 0.4) is 0 Å². The van der Waals surface area contributed by atoms with Crippen LogP contribution in [0.1, 0.15) is 0 Å². The predicted molar refractivity (Wildman–Crippen MR) is 76.0 cm³/mol. The topological polar surface area (TPSA) is 88.6 Å². The first-order valence-corrected chi connectivity index (χ1v) is 5.98. The number of hydrogen-bond donors (Lipinski definition) is 3. The molecule has 3 aromatic rings. The van der Waals surface area contributed by atoms with Gasteiger partial charge >= 0.3 is 0 Å². The van der Waals surface area contributed by atoms with E-state index in [1.807, 2.05) is 6.07 Å². The van der Waals surface area contributed by atoms with Gasteiger partial charge in [0.2, 0.25) is 5.88 Å². The maximum atomic E-state index is 9.57. The Balaban J connectivity index is 2.11. The lowest BCUT2D eigenvalue weighted by molar-refractivity contribution is 0.452. The second-order valence-corrected chi connectivity index (χ2v) is 4.31. The predicted octanol–water partition coefficient (Wildman–Crippen LogP) is 3.02. The fourth-order valence-electron chi connectivity index (χ4n) is 1.94. The molecule has 0 atom stereocenters. The summed E-state index contributed by atoms with van der Waals surface area (Å²) >= 11 is 0. The minimum Gasteiger partial charge on any atom is -0.508 e. The van der Waals surface area contributed by atoms with Gasteiger partial charge in [-0.25, -0.2) is 4.98 Å². The van der Waals surface area contributed by atoms with Gasteiger partial charge in [-0.15, -0.1) is 0 Å². The molecule has 3 rings (SSSR count). The first-order chi connectivity index (χ1) is 9.65. The largest absolute Gasteiger partial charge is 0.508 e. The minimum atomic E-state index is -0.0504. The highest BCUT2D eigenvalue weighted by Crippen LogP contribution is 2.35. The van der Waals surface area contributed by atoms with Crippen LogP contribution in [0.5, 0.6) is 23.1 Å². The molecule has 1 heterocycles. The van der Waals surface area contributed by atoms with Gasteiger partial charge in [0.25, 0.3) is 0 Å². The number of pyridine rings is 1. The zero-order chi connectivity index (χ0) is 14.1. The lowest BCUT2D eigenvalue weighted by Crippen LogP contribution is -1.94. The first-order valence-electron chi connectivity index (χ1n) is 5.98. The summed E-state index contributed by atoms with van der Waals surface area (Å²) in [7, 11) is 0. The summed E-state index contributed by atoms with van der Waals surface area (Å²) in [5.41, 5.74) is 5.90. The fraction of sp³-hybridized carbons (Fsp3) is 0. The molecule has 0 saturated carbocycles. The summed E-state index contributed by atoms with van der Waals surface area (Å²) in [5, 5.41) is 20.7. The average molecular weight is 268 g/mol. The molecule has 2 aromatic carbocycles. The molecule has 100 valence electrons. The maximum Gasteiger partial charge on any atom is 0.227 e. The number of aromatic nitrogens is 1. The van der Waals surface area contributed by atoms with E-state index in [4.69, 9.17) is 10.5 Å². The van der Waals surface area contributed by atoms with Crippen molar-refractivity contribution in [3.8, 4) is 23.1 Å². The number of phenolic OH excluding ortho intramolecular Hbond substituents is 2. The van der Waals surface area contributed by atoms with E-state index in [0.717, 1.165) is 5.39 Å². The highest BCUT2D eigenvalue weighted by atomic mass is 16.5. The highest BCUT2D eigenvalue weighted by molar-refractivity contribution is 5.88. The molecule has 0 amide bonds. The number of ether oxygens (including phenoxy) is 1. The molecule has 0 unspecified atom stereocenters. The van der Waals surface area contributed by atoms with E-state index < -0.39 is 0 Å². The van der Waals surface area contributed by atoms with Gasteiger partial charge in [0.15, 0.2) is 5.75 Å². The number of nitrogen functional groups attached to an aromatic ring is 1. The Kier molecular flexibility index (Phi) is 2.80. The molecule has 5 heteroatoms. The zero-order valence-corrected chi connectivity index (χ0v) is 10.4. The van der Waals surface area contributed by atoms with E-state index >= 15 is 0 Å². The molecule has 20 heavy (non-hydrogen) atoms. The smallest absolute Gasteiger partial charge is 0.227 e. The van der Waals surface area contributed by atoms with E-state index in [9.17, 15) is 10.2 Å². The van der Waals surface area contributed by atoms with E-state index in [2.05, 4.69) is 4.98 Å². The molecule has 1 aromatic heterocycles. The summed E-state index contributed by atoms with van der Waals surface area (Å²) in [6, 6.07) is 11.5. The van der Waals surface area contributed by atoms with Crippen molar-refractivity contribution in [2.24, 2.45) is 0 Å². The lowest BCUT2D eigenvalue weighted by atomic mass is 10.1. The van der Waals surface area contributed by atoms with Crippen LogP contribution in [0, 0.1) is 0 Å². The number of phenols is 2. The van der Waals surface area contributed by atoms with Crippen LogP contribution in [0.15, 0.2) is 48.7 Å². The van der Waals surface area contributed by atoms with Crippen molar-refractivity contribution >= 4 is 16.5 Å². The molecule has 0 saturated heterocycles. The average Bonchev–Trinajstić information content (AvgIpc) is 2.44. The summed E-state index contributed by atoms with van der Waals surface area (Å²) in [5.74, 6) is 0.703. The van der Waals surface area contributed by atoms with Crippen molar-refractivity contribution in [2.75, 3.05) is 5.73 Å². The third-order valence-electron chi connectivity index (χ3n) is 2.96. The number of nitrogens with zero attached hydrogens (tertiary/aromatic N) is 1. The number of aromatic hydroxyl groups is 2. The number of rotatable bonds is 2. The standard InChI is InChI=1S/C15H12N2O3/c16-14-12(19)2-1-3-13(14)20-15-11-8-10(18)5-4-9(11)6-7-17-15/h1-8,18-19H,16H2. The van der Waals surface area contributed by atoms with E-state index in [0.29, 0.717) is 17.0 Å². The van der Waals surface area contributed by atoms with Crippen LogP contribution in [-0.2, 0) is 0 Å². The molecular weight excluding hydrogens is 256 g/mol. The van der Waals surface area contributed by atoms with E-state index in [-0.39, 0.29) is 17.2 Å². The van der Waals surface area contributed by atoms with Gasteiger partial charge in [0.1, 0.15) is 17.2 Å². The molecule has 4 N–H and O–H groups in total. The highest BCUT2D eigenvalue weighted by Gasteiger charge is 2.10. The van der Waals surface area contributed by atoms with Gasteiger partial charge in [0.05, 0.1) is 0 Å². The third-order valence-corrected chi connectivity index (χ3v) is 2.96. The second-order valence-electron chi connectivity index (χ2n) is 4.31. The summed E-state index contributed by atoms with van der Waals surface area (Å²) < 4.78 is 5.65. The number of nitrogens with two attached hydrogens (primary N) is 1.